The fourth-order valence-electron chi connectivity index (χ4n) is 1.46. The molecule has 0 aliphatic heterocycles. The lowest BCUT2D eigenvalue weighted by Gasteiger charge is -2.16. The topological polar surface area (TPSA) is 66.4 Å². The minimum Gasteiger partial charge on any atom is -0.480 e. The molecule has 0 fully saturated rings. The first-order valence-corrected chi connectivity index (χ1v) is 5.31. The van der Waals surface area contributed by atoms with Gasteiger partial charge in [-0.05, 0) is 26.0 Å². The predicted octanol–water partition coefficient (Wildman–Crippen LogP) is 1.66. The highest BCUT2D eigenvalue weighted by atomic mass is 19.1. The van der Waals surface area contributed by atoms with Crippen molar-refractivity contribution in [3.05, 3.63) is 35.4 Å². The molecule has 0 aliphatic rings. The van der Waals surface area contributed by atoms with Crippen LogP contribution < -0.4 is 5.32 Å². The number of benzene rings is 1. The third kappa shape index (κ3) is 3.03. The first-order valence-electron chi connectivity index (χ1n) is 5.31. The number of carbonyl (C=O) groups is 2. The van der Waals surface area contributed by atoms with E-state index in [9.17, 15) is 18.4 Å². The number of carbonyl (C=O) groups excluding carboxylic acids is 1. The molecule has 0 heterocycles. The van der Waals surface area contributed by atoms with Crippen molar-refractivity contribution in [2.45, 2.75) is 25.8 Å². The third-order valence-electron chi connectivity index (χ3n) is 2.56. The van der Waals surface area contributed by atoms with Gasteiger partial charge in [-0.3, -0.25) is 9.59 Å². The number of hydrogen-bond acceptors (Lipinski definition) is 2. The Hall–Kier alpha value is -1.98. The van der Waals surface area contributed by atoms with Gasteiger partial charge in [0.05, 0.1) is 5.92 Å². The van der Waals surface area contributed by atoms with E-state index < -0.39 is 35.5 Å². The van der Waals surface area contributed by atoms with Crippen molar-refractivity contribution >= 4 is 11.9 Å². The van der Waals surface area contributed by atoms with Crippen molar-refractivity contribution in [3.8, 4) is 0 Å². The van der Waals surface area contributed by atoms with Crippen molar-refractivity contribution < 1.29 is 23.5 Å². The summed E-state index contributed by atoms with van der Waals surface area (Å²) in [5.41, 5.74) is -0.368. The average molecular weight is 257 g/mol. The normalized spacial score (nSPS) is 13.8. The Morgan fingerprint density at radius 2 is 1.72 bits per heavy atom. The Morgan fingerprint density at radius 3 is 2.17 bits per heavy atom. The van der Waals surface area contributed by atoms with E-state index in [4.69, 9.17) is 5.11 Å². The lowest BCUT2D eigenvalue weighted by Crippen LogP contribution is -2.40. The van der Waals surface area contributed by atoms with Gasteiger partial charge in [0.2, 0.25) is 5.91 Å². The van der Waals surface area contributed by atoms with Gasteiger partial charge < -0.3 is 10.4 Å². The summed E-state index contributed by atoms with van der Waals surface area (Å²) < 4.78 is 26.8. The highest BCUT2D eigenvalue weighted by Gasteiger charge is 2.24. The summed E-state index contributed by atoms with van der Waals surface area (Å²) >= 11 is 0. The Labute approximate surface area is 103 Å². The summed E-state index contributed by atoms with van der Waals surface area (Å²) in [6, 6.07) is 2.17. The molecule has 2 N–H and O–H groups in total. The van der Waals surface area contributed by atoms with Gasteiger partial charge >= 0.3 is 5.97 Å². The molecule has 0 radical (unpaired) electrons. The van der Waals surface area contributed by atoms with Gasteiger partial charge in [-0.2, -0.15) is 0 Å². The van der Waals surface area contributed by atoms with Crippen molar-refractivity contribution in [1.29, 1.82) is 0 Å². The molecular formula is C12H13F2NO3. The van der Waals surface area contributed by atoms with Gasteiger partial charge in [0.1, 0.15) is 17.7 Å². The largest absolute Gasteiger partial charge is 0.480 e. The predicted molar refractivity (Wildman–Crippen MR) is 60.0 cm³/mol. The van der Waals surface area contributed by atoms with Gasteiger partial charge in [0.25, 0.3) is 0 Å². The molecular weight excluding hydrogens is 244 g/mol. The first kappa shape index (κ1) is 14.1. The molecule has 0 saturated heterocycles. The van der Waals surface area contributed by atoms with Crippen molar-refractivity contribution in [2.24, 2.45) is 0 Å². The molecule has 0 bridgehead atoms. The fourth-order valence-corrected chi connectivity index (χ4v) is 1.46. The molecule has 1 aromatic carbocycles. The van der Waals surface area contributed by atoms with Crippen LogP contribution in [0.25, 0.3) is 0 Å². The quantitative estimate of drug-likeness (QED) is 0.862. The Kier molecular flexibility index (Phi) is 4.36. The van der Waals surface area contributed by atoms with Gasteiger partial charge in [-0.1, -0.05) is 6.07 Å². The van der Waals surface area contributed by atoms with Crippen LogP contribution in [0.15, 0.2) is 18.2 Å². The summed E-state index contributed by atoms with van der Waals surface area (Å²) in [6.45, 7) is 2.58. The van der Waals surface area contributed by atoms with Crippen LogP contribution in [0.1, 0.15) is 25.3 Å². The minimum absolute atomic E-state index is 0.368. The van der Waals surface area contributed by atoms with Crippen LogP contribution in [-0.2, 0) is 9.59 Å². The van der Waals surface area contributed by atoms with Crippen molar-refractivity contribution in [3.63, 3.8) is 0 Å². The average Bonchev–Trinajstić information content (AvgIpc) is 2.28. The first-order chi connectivity index (χ1) is 8.34. The van der Waals surface area contributed by atoms with Gasteiger partial charge in [0.15, 0.2) is 0 Å². The standard InChI is InChI=1S/C12H13F2NO3/c1-6(11(16)15-7(2)12(17)18)10-8(13)4-3-5-9(10)14/h3-7H,1-2H3,(H,15,16)(H,17,18)/t6?,7-/m1/s1. The lowest BCUT2D eigenvalue weighted by atomic mass is 9.98. The van der Waals surface area contributed by atoms with E-state index >= 15 is 0 Å². The zero-order valence-corrected chi connectivity index (χ0v) is 9.91. The molecule has 0 spiro atoms. The van der Waals surface area contributed by atoms with E-state index in [0.29, 0.717) is 0 Å². The molecule has 2 atom stereocenters. The Morgan fingerprint density at radius 1 is 1.22 bits per heavy atom. The van der Waals surface area contributed by atoms with Crippen LogP contribution >= 0.6 is 0 Å². The van der Waals surface area contributed by atoms with Gasteiger partial charge in [-0.25, -0.2) is 8.78 Å². The van der Waals surface area contributed by atoms with Crippen molar-refractivity contribution in [1.82, 2.24) is 5.32 Å². The number of carboxylic acids is 1. The van der Waals surface area contributed by atoms with Gasteiger partial charge in [0, 0.05) is 5.56 Å². The molecule has 6 heteroatoms. The maximum absolute atomic E-state index is 13.4. The number of halogens is 2. The molecule has 98 valence electrons. The molecule has 1 rings (SSSR count). The summed E-state index contributed by atoms with van der Waals surface area (Å²) in [5, 5.41) is 10.8. The molecule has 1 aromatic rings. The Bertz CT molecular complexity index is 456. The van der Waals surface area contributed by atoms with Crippen molar-refractivity contribution in [2.75, 3.05) is 0 Å². The summed E-state index contributed by atoms with van der Waals surface area (Å²) in [7, 11) is 0. The lowest BCUT2D eigenvalue weighted by molar-refractivity contribution is -0.141. The van der Waals surface area contributed by atoms with Crippen LogP contribution in [-0.4, -0.2) is 23.0 Å². The van der Waals surface area contributed by atoms with Crippen LogP contribution in [0.5, 0.6) is 0 Å². The molecule has 18 heavy (non-hydrogen) atoms. The molecule has 1 amide bonds. The maximum atomic E-state index is 13.4. The summed E-state index contributed by atoms with van der Waals surface area (Å²) in [5.74, 6) is -4.73. The van der Waals surface area contributed by atoms with E-state index in [-0.39, 0.29) is 5.56 Å². The minimum atomic E-state index is -1.22. The van der Waals surface area contributed by atoms with E-state index in [1.54, 1.807) is 0 Å². The summed E-state index contributed by atoms with van der Waals surface area (Å²) in [6.07, 6.45) is 0. The Balaban J connectivity index is 2.90. The van der Waals surface area contributed by atoms with E-state index in [1.165, 1.54) is 19.9 Å². The summed E-state index contributed by atoms with van der Waals surface area (Å²) in [4.78, 5) is 22.2. The van der Waals surface area contributed by atoms with Crippen LogP contribution in [0.3, 0.4) is 0 Å². The van der Waals surface area contributed by atoms with Crippen LogP contribution in [0.4, 0.5) is 8.78 Å². The smallest absolute Gasteiger partial charge is 0.325 e. The highest BCUT2D eigenvalue weighted by Crippen LogP contribution is 2.22. The highest BCUT2D eigenvalue weighted by molar-refractivity contribution is 5.87. The molecule has 0 saturated carbocycles. The third-order valence-corrected chi connectivity index (χ3v) is 2.56. The van der Waals surface area contributed by atoms with E-state index in [1.807, 2.05) is 0 Å². The molecule has 1 unspecified atom stereocenters. The molecule has 0 aliphatic carbocycles. The zero-order chi connectivity index (χ0) is 13.9. The number of rotatable bonds is 4. The van der Waals surface area contributed by atoms with Crippen LogP contribution in [0, 0.1) is 11.6 Å². The van der Waals surface area contributed by atoms with Gasteiger partial charge in [-0.15, -0.1) is 0 Å². The second kappa shape index (κ2) is 5.57. The fraction of sp³-hybridized carbons (Fsp3) is 0.333. The number of carboxylic acid groups (broad SMARTS) is 1. The number of aliphatic carboxylic acids is 1. The van der Waals surface area contributed by atoms with E-state index in [0.717, 1.165) is 12.1 Å². The monoisotopic (exact) mass is 257 g/mol. The zero-order valence-electron chi connectivity index (χ0n) is 9.91. The number of hydrogen-bond donors (Lipinski definition) is 2. The second-order valence-corrected chi connectivity index (χ2v) is 3.93. The van der Waals surface area contributed by atoms with E-state index in [2.05, 4.69) is 5.32 Å². The number of amides is 1. The molecule has 4 nitrogen and oxygen atoms in total. The second-order valence-electron chi connectivity index (χ2n) is 3.93. The number of nitrogens with one attached hydrogen (secondary N) is 1. The maximum Gasteiger partial charge on any atom is 0.325 e. The molecule has 0 aromatic heterocycles. The van der Waals surface area contributed by atoms with Crippen LogP contribution in [0.2, 0.25) is 0 Å². The SMILES string of the molecule is CC(C(=O)N[C@H](C)C(=O)O)c1c(F)cccc1F.